The summed E-state index contributed by atoms with van der Waals surface area (Å²) < 4.78 is 2.27. The zero-order chi connectivity index (χ0) is 17.2. The molecule has 25 heavy (non-hydrogen) atoms. The van der Waals surface area contributed by atoms with Gasteiger partial charge in [-0.15, -0.1) is 0 Å². The first-order valence-corrected chi connectivity index (χ1v) is 10.3. The SMILES string of the molecule is CCCN1CCN(C(=O)[C@H]2CCc3ncc(-c4ccsc4)n3C2)CC1. The van der Waals surface area contributed by atoms with Crippen molar-refractivity contribution in [3.8, 4) is 11.3 Å². The summed E-state index contributed by atoms with van der Waals surface area (Å²) in [6.45, 7) is 7.92. The largest absolute Gasteiger partial charge is 0.340 e. The van der Waals surface area contributed by atoms with Crippen LogP contribution in [0.3, 0.4) is 0 Å². The van der Waals surface area contributed by atoms with E-state index in [-0.39, 0.29) is 5.92 Å². The topological polar surface area (TPSA) is 41.4 Å². The first kappa shape index (κ1) is 16.8. The molecule has 1 amide bonds. The molecule has 0 saturated carbocycles. The number of hydrogen-bond acceptors (Lipinski definition) is 4. The third kappa shape index (κ3) is 3.37. The van der Waals surface area contributed by atoms with Gasteiger partial charge in [-0.1, -0.05) is 6.92 Å². The van der Waals surface area contributed by atoms with Gasteiger partial charge in [-0.3, -0.25) is 9.69 Å². The van der Waals surface area contributed by atoms with Crippen LogP contribution in [0.4, 0.5) is 0 Å². The van der Waals surface area contributed by atoms with Gasteiger partial charge in [0.2, 0.25) is 5.91 Å². The highest BCUT2D eigenvalue weighted by Gasteiger charge is 2.31. The summed E-state index contributed by atoms with van der Waals surface area (Å²) in [5, 5.41) is 4.25. The van der Waals surface area contributed by atoms with E-state index in [1.807, 2.05) is 6.20 Å². The van der Waals surface area contributed by atoms with Crippen molar-refractivity contribution in [2.45, 2.75) is 32.7 Å². The van der Waals surface area contributed by atoms with Crippen LogP contribution in [0.1, 0.15) is 25.6 Å². The molecule has 2 aliphatic heterocycles. The molecule has 5 nitrogen and oxygen atoms in total. The number of piperazine rings is 1. The van der Waals surface area contributed by atoms with Gasteiger partial charge < -0.3 is 9.47 Å². The van der Waals surface area contributed by atoms with E-state index in [1.165, 1.54) is 12.0 Å². The standard InChI is InChI=1S/C19H26N4OS/c1-2-6-21-7-9-22(10-8-21)19(24)15-3-4-18-20-12-17(23(18)13-15)16-5-11-25-14-16/h5,11-12,14-15H,2-4,6-10,13H2,1H3/t15-/m0/s1. The molecule has 4 rings (SSSR count). The Morgan fingerprint density at radius 2 is 2.16 bits per heavy atom. The Morgan fingerprint density at radius 1 is 1.32 bits per heavy atom. The molecular formula is C19H26N4OS. The normalized spacial score (nSPS) is 21.3. The lowest BCUT2D eigenvalue weighted by Crippen LogP contribution is -2.51. The lowest BCUT2D eigenvalue weighted by molar-refractivity contribution is -0.138. The lowest BCUT2D eigenvalue weighted by atomic mass is 9.97. The molecule has 0 aliphatic carbocycles. The van der Waals surface area contributed by atoms with Gasteiger partial charge in [0, 0.05) is 50.1 Å². The predicted octanol–water partition coefficient (Wildman–Crippen LogP) is 2.73. The zero-order valence-electron chi connectivity index (χ0n) is 14.9. The molecule has 0 spiro atoms. The summed E-state index contributed by atoms with van der Waals surface area (Å²) in [4.78, 5) is 22.2. The molecule has 6 heteroatoms. The van der Waals surface area contributed by atoms with Gasteiger partial charge in [0.15, 0.2) is 0 Å². The van der Waals surface area contributed by atoms with Gasteiger partial charge in [0.1, 0.15) is 5.82 Å². The molecule has 1 saturated heterocycles. The number of aromatic nitrogens is 2. The monoisotopic (exact) mass is 358 g/mol. The van der Waals surface area contributed by atoms with Crippen LogP contribution in [0.15, 0.2) is 23.0 Å². The van der Waals surface area contributed by atoms with E-state index in [0.29, 0.717) is 5.91 Å². The molecule has 0 aromatic carbocycles. The molecule has 0 unspecified atom stereocenters. The number of hydrogen-bond donors (Lipinski definition) is 0. The third-order valence-corrected chi connectivity index (χ3v) is 6.13. The Labute approximate surface area is 153 Å². The van der Waals surface area contributed by atoms with Crippen molar-refractivity contribution in [3.63, 3.8) is 0 Å². The maximum absolute atomic E-state index is 13.0. The number of fused-ring (bicyclic) bond motifs is 1. The second-order valence-electron chi connectivity index (χ2n) is 7.08. The van der Waals surface area contributed by atoms with Crippen LogP contribution in [0.2, 0.25) is 0 Å². The summed E-state index contributed by atoms with van der Waals surface area (Å²) >= 11 is 1.70. The second kappa shape index (κ2) is 7.30. The molecule has 1 atom stereocenters. The van der Waals surface area contributed by atoms with Gasteiger partial charge >= 0.3 is 0 Å². The average Bonchev–Trinajstić information content (AvgIpc) is 3.30. The number of thiophene rings is 1. The third-order valence-electron chi connectivity index (χ3n) is 5.45. The summed E-state index contributed by atoms with van der Waals surface area (Å²) in [6.07, 6.45) is 4.98. The minimum atomic E-state index is 0.0943. The van der Waals surface area contributed by atoms with Crippen LogP contribution < -0.4 is 0 Å². The summed E-state index contributed by atoms with van der Waals surface area (Å²) in [5.74, 6) is 1.56. The number of amides is 1. The Bertz CT molecular complexity index is 716. The number of nitrogens with zero attached hydrogens (tertiary/aromatic N) is 4. The highest BCUT2D eigenvalue weighted by atomic mass is 32.1. The molecule has 134 valence electrons. The molecule has 2 aromatic rings. The molecule has 1 fully saturated rings. The second-order valence-corrected chi connectivity index (χ2v) is 7.86. The molecule has 2 aliphatic rings. The van der Waals surface area contributed by atoms with Crippen LogP contribution >= 0.6 is 11.3 Å². The summed E-state index contributed by atoms with van der Waals surface area (Å²) in [5.41, 5.74) is 2.37. The molecule has 2 aromatic heterocycles. The smallest absolute Gasteiger partial charge is 0.227 e. The van der Waals surface area contributed by atoms with Crippen molar-refractivity contribution in [1.29, 1.82) is 0 Å². The maximum atomic E-state index is 13.0. The quantitative estimate of drug-likeness (QED) is 0.844. The minimum absolute atomic E-state index is 0.0943. The van der Waals surface area contributed by atoms with E-state index in [4.69, 9.17) is 0 Å². The molecule has 4 heterocycles. The van der Waals surface area contributed by atoms with Gasteiger partial charge in [0.25, 0.3) is 0 Å². The van der Waals surface area contributed by atoms with Crippen LogP contribution in [0.25, 0.3) is 11.3 Å². The average molecular weight is 359 g/mol. The van der Waals surface area contributed by atoms with Crippen molar-refractivity contribution >= 4 is 17.2 Å². The predicted molar refractivity (Wildman–Crippen MR) is 101 cm³/mol. The number of rotatable bonds is 4. The first-order valence-electron chi connectivity index (χ1n) is 9.34. The van der Waals surface area contributed by atoms with E-state index in [1.54, 1.807) is 11.3 Å². The molecule has 0 radical (unpaired) electrons. The van der Waals surface area contributed by atoms with Crippen molar-refractivity contribution < 1.29 is 4.79 Å². The Hall–Kier alpha value is -1.66. The minimum Gasteiger partial charge on any atom is -0.340 e. The fourth-order valence-corrected chi connectivity index (χ4v) is 4.69. The highest BCUT2D eigenvalue weighted by Crippen LogP contribution is 2.29. The van der Waals surface area contributed by atoms with Crippen LogP contribution in [-0.4, -0.2) is 58.0 Å². The lowest BCUT2D eigenvalue weighted by Gasteiger charge is -2.37. The van der Waals surface area contributed by atoms with Crippen molar-refractivity contribution in [2.75, 3.05) is 32.7 Å². The molecule has 0 bridgehead atoms. The summed E-state index contributed by atoms with van der Waals surface area (Å²) in [7, 11) is 0. The number of aryl methyl sites for hydroxylation is 1. The fraction of sp³-hybridized carbons (Fsp3) is 0.579. The van der Waals surface area contributed by atoms with Gasteiger partial charge in [-0.25, -0.2) is 4.98 Å². The van der Waals surface area contributed by atoms with Gasteiger partial charge in [-0.05, 0) is 30.8 Å². The number of carbonyl (C=O) groups excluding carboxylic acids is 1. The Kier molecular flexibility index (Phi) is 4.90. The summed E-state index contributed by atoms with van der Waals surface area (Å²) in [6, 6.07) is 2.13. The Morgan fingerprint density at radius 3 is 2.88 bits per heavy atom. The van der Waals surface area contributed by atoms with Crippen molar-refractivity contribution in [1.82, 2.24) is 19.4 Å². The Balaban J connectivity index is 1.44. The van der Waals surface area contributed by atoms with Gasteiger partial charge in [0.05, 0.1) is 17.8 Å². The van der Waals surface area contributed by atoms with Gasteiger partial charge in [-0.2, -0.15) is 11.3 Å². The maximum Gasteiger partial charge on any atom is 0.227 e. The van der Waals surface area contributed by atoms with E-state index >= 15 is 0 Å². The zero-order valence-corrected chi connectivity index (χ0v) is 15.7. The van der Waals surface area contributed by atoms with Crippen LogP contribution in [0.5, 0.6) is 0 Å². The number of imidazole rings is 1. The first-order chi connectivity index (χ1) is 12.3. The van der Waals surface area contributed by atoms with Crippen LogP contribution in [-0.2, 0) is 17.8 Å². The van der Waals surface area contributed by atoms with E-state index in [0.717, 1.165) is 63.6 Å². The molecular weight excluding hydrogens is 332 g/mol. The van der Waals surface area contributed by atoms with E-state index in [2.05, 4.69) is 43.1 Å². The van der Waals surface area contributed by atoms with Crippen molar-refractivity contribution in [2.24, 2.45) is 5.92 Å². The van der Waals surface area contributed by atoms with Crippen LogP contribution in [0, 0.1) is 5.92 Å². The van der Waals surface area contributed by atoms with E-state index < -0.39 is 0 Å². The highest BCUT2D eigenvalue weighted by molar-refractivity contribution is 7.08. The fourth-order valence-electron chi connectivity index (χ4n) is 4.04. The number of carbonyl (C=O) groups is 1. The van der Waals surface area contributed by atoms with E-state index in [9.17, 15) is 4.79 Å². The molecule has 0 N–H and O–H groups in total. The van der Waals surface area contributed by atoms with Crippen molar-refractivity contribution in [3.05, 3.63) is 28.8 Å².